The van der Waals surface area contributed by atoms with E-state index in [0.717, 1.165) is 18.7 Å². The van der Waals surface area contributed by atoms with Crippen molar-refractivity contribution in [1.29, 1.82) is 0 Å². The van der Waals surface area contributed by atoms with Crippen LogP contribution in [0, 0.1) is 11.8 Å². The molecule has 1 aliphatic heterocycles. The van der Waals surface area contributed by atoms with Gasteiger partial charge in [-0.25, -0.2) is 9.97 Å². The van der Waals surface area contributed by atoms with Gasteiger partial charge in [0.05, 0.1) is 11.9 Å². The van der Waals surface area contributed by atoms with Crippen LogP contribution in [0.3, 0.4) is 0 Å². The molecule has 0 bridgehead atoms. The van der Waals surface area contributed by atoms with Crippen LogP contribution in [0.5, 0.6) is 5.75 Å². The highest BCUT2D eigenvalue weighted by molar-refractivity contribution is 6.34. The van der Waals surface area contributed by atoms with Crippen molar-refractivity contribution >= 4 is 40.0 Å². The Morgan fingerprint density at radius 1 is 1.19 bits per heavy atom. The van der Waals surface area contributed by atoms with E-state index in [0.29, 0.717) is 33.2 Å². The number of nitrogens with zero attached hydrogens (tertiary/aromatic N) is 2. The van der Waals surface area contributed by atoms with Crippen molar-refractivity contribution in [1.82, 2.24) is 15.2 Å². The number of rotatable bonds is 4. The summed E-state index contributed by atoms with van der Waals surface area (Å²) in [6.07, 6.45) is 5.34. The lowest BCUT2D eigenvalue weighted by molar-refractivity contribution is -0.345. The largest absolute Gasteiger partial charge is 0.501 e. The topological polar surface area (TPSA) is 79.6 Å². The van der Waals surface area contributed by atoms with Crippen LogP contribution in [0.25, 0.3) is 10.9 Å². The molecule has 0 atom stereocenters. The van der Waals surface area contributed by atoms with E-state index in [9.17, 15) is 9.90 Å². The highest BCUT2D eigenvalue weighted by Gasteiger charge is 2.22. The fraction of sp³-hybridized carbons (Fsp3) is 0.292. The summed E-state index contributed by atoms with van der Waals surface area (Å²) in [5, 5.41) is 15.1. The Kier molecular flexibility index (Phi) is 7.11. The summed E-state index contributed by atoms with van der Waals surface area (Å²) >= 11 is 12.1. The van der Waals surface area contributed by atoms with Gasteiger partial charge in [0, 0.05) is 22.7 Å². The van der Waals surface area contributed by atoms with E-state index in [1.54, 1.807) is 24.4 Å². The van der Waals surface area contributed by atoms with Gasteiger partial charge in [0.25, 0.3) is 11.4 Å². The number of likely N-dealkylation sites (tertiary alicyclic amines) is 1. The molecule has 8 heteroatoms. The normalized spacial score (nSPS) is 14.1. The molecule has 2 aromatic heterocycles. The number of H-pyrrole nitrogens is 1. The summed E-state index contributed by atoms with van der Waals surface area (Å²) < 4.78 is 0. The standard InChI is InChI=1S/C24H22Cl2N4O2/c25-17-12-16(13-18(26)14-17)15-28-24(32)22-23(31)21-19(6-4-8-27-21)20(29-22)7-5-11-30-9-2-1-3-10-30/h4,6,8,12-14,31H,1-3,9-11,15H2,(H,28,32)/p+1. The van der Waals surface area contributed by atoms with Gasteiger partial charge in [-0.1, -0.05) is 35.5 Å². The van der Waals surface area contributed by atoms with E-state index in [1.165, 1.54) is 19.3 Å². The summed E-state index contributed by atoms with van der Waals surface area (Å²) in [6, 6.07) is 8.68. The van der Waals surface area contributed by atoms with E-state index < -0.39 is 5.91 Å². The van der Waals surface area contributed by atoms with Crippen LogP contribution >= 0.6 is 23.2 Å². The van der Waals surface area contributed by atoms with E-state index in [2.05, 4.69) is 32.0 Å². The molecule has 0 unspecified atom stereocenters. The molecule has 3 heterocycles. The first kappa shape index (κ1) is 22.3. The van der Waals surface area contributed by atoms with Crippen molar-refractivity contribution in [3.05, 3.63) is 63.5 Å². The van der Waals surface area contributed by atoms with E-state index in [4.69, 9.17) is 23.2 Å². The predicted molar refractivity (Wildman–Crippen MR) is 125 cm³/mol. The number of fused-ring (bicyclic) bond motifs is 1. The number of aromatic amines is 1. The van der Waals surface area contributed by atoms with Crippen molar-refractivity contribution in [2.75, 3.05) is 19.6 Å². The number of pyridine rings is 2. The quantitative estimate of drug-likeness (QED) is 0.569. The molecule has 0 spiro atoms. The van der Waals surface area contributed by atoms with Crippen molar-refractivity contribution < 1.29 is 14.9 Å². The Morgan fingerprint density at radius 3 is 2.69 bits per heavy atom. The molecule has 0 saturated carbocycles. The number of hydrogen-bond donors (Lipinski definition) is 2. The molecule has 0 aliphatic carbocycles. The van der Waals surface area contributed by atoms with E-state index in [1.807, 2.05) is 12.1 Å². The summed E-state index contributed by atoms with van der Waals surface area (Å²) in [7, 11) is 0. The average Bonchev–Trinajstić information content (AvgIpc) is 2.79. The first-order valence-corrected chi connectivity index (χ1v) is 11.2. The summed E-state index contributed by atoms with van der Waals surface area (Å²) in [5.41, 5.74) is 1.52. The molecule has 0 radical (unpaired) electrons. The molecule has 1 amide bonds. The minimum Gasteiger partial charge on any atom is -0.501 e. The second kappa shape index (κ2) is 10.2. The first-order chi connectivity index (χ1) is 15.5. The summed E-state index contributed by atoms with van der Waals surface area (Å²) in [6.45, 7) is 2.94. The number of nitrogens with one attached hydrogen (secondary N) is 2. The van der Waals surface area contributed by atoms with Gasteiger partial charge in [-0.15, -0.1) is 0 Å². The van der Waals surface area contributed by atoms with Crippen molar-refractivity contribution in [2.45, 2.75) is 25.8 Å². The highest BCUT2D eigenvalue weighted by Crippen LogP contribution is 2.26. The smallest absolute Gasteiger partial charge is 0.274 e. The molecule has 4 rings (SSSR count). The van der Waals surface area contributed by atoms with Crippen LogP contribution in [0.15, 0.2) is 36.5 Å². The lowest BCUT2D eigenvalue weighted by atomic mass is 10.1. The van der Waals surface area contributed by atoms with Gasteiger partial charge in [0.15, 0.2) is 11.9 Å². The Hall–Kier alpha value is -2.85. The minimum atomic E-state index is -0.517. The second-order valence-electron chi connectivity index (χ2n) is 7.72. The Labute approximate surface area is 196 Å². The summed E-state index contributed by atoms with van der Waals surface area (Å²) in [4.78, 5) is 22.6. The number of aromatic hydroxyl groups is 1. The maximum Gasteiger partial charge on any atom is 0.274 e. The molecule has 32 heavy (non-hydrogen) atoms. The number of benzene rings is 1. The Bertz CT molecular complexity index is 1190. The molecular formula is C24H23Cl2N4O2+. The number of carbonyl (C=O) groups excluding carboxylic acids is 1. The van der Waals surface area contributed by atoms with Crippen LogP contribution < -0.4 is 10.3 Å². The zero-order chi connectivity index (χ0) is 22.5. The third-order valence-corrected chi connectivity index (χ3v) is 5.78. The molecule has 3 aromatic rings. The van der Waals surface area contributed by atoms with Crippen LogP contribution in [0.4, 0.5) is 0 Å². The van der Waals surface area contributed by atoms with Gasteiger partial charge >= 0.3 is 0 Å². The van der Waals surface area contributed by atoms with E-state index in [-0.39, 0.29) is 18.0 Å². The van der Waals surface area contributed by atoms with Crippen molar-refractivity contribution in [2.24, 2.45) is 0 Å². The van der Waals surface area contributed by atoms with Crippen LogP contribution in [0.1, 0.15) is 41.0 Å². The van der Waals surface area contributed by atoms with Crippen LogP contribution in [-0.2, 0) is 6.54 Å². The van der Waals surface area contributed by atoms with Gasteiger partial charge in [-0.3, -0.25) is 9.69 Å². The zero-order valence-electron chi connectivity index (χ0n) is 17.4. The fourth-order valence-corrected chi connectivity index (χ4v) is 4.33. The number of hydrogen-bond acceptors (Lipinski definition) is 4. The van der Waals surface area contributed by atoms with Crippen LogP contribution in [0.2, 0.25) is 10.0 Å². The fourth-order valence-electron chi connectivity index (χ4n) is 3.76. The lowest BCUT2D eigenvalue weighted by Gasteiger charge is -2.23. The molecular weight excluding hydrogens is 447 g/mol. The number of amides is 1. The van der Waals surface area contributed by atoms with Crippen molar-refractivity contribution in [3.63, 3.8) is 0 Å². The van der Waals surface area contributed by atoms with Gasteiger partial charge in [0.1, 0.15) is 5.69 Å². The lowest BCUT2D eigenvalue weighted by Crippen LogP contribution is -2.29. The Balaban J connectivity index is 1.59. The average molecular weight is 470 g/mol. The van der Waals surface area contributed by atoms with Gasteiger partial charge in [-0.05, 0) is 61.7 Å². The van der Waals surface area contributed by atoms with Gasteiger partial charge in [0.2, 0.25) is 5.75 Å². The van der Waals surface area contributed by atoms with Crippen LogP contribution in [-0.4, -0.2) is 40.5 Å². The zero-order valence-corrected chi connectivity index (χ0v) is 18.9. The summed E-state index contributed by atoms with van der Waals surface area (Å²) in [5.74, 6) is 5.54. The minimum absolute atomic E-state index is 0.0876. The molecule has 1 saturated heterocycles. The van der Waals surface area contributed by atoms with Crippen molar-refractivity contribution in [3.8, 4) is 17.6 Å². The van der Waals surface area contributed by atoms with Gasteiger partial charge < -0.3 is 10.4 Å². The first-order valence-electron chi connectivity index (χ1n) is 10.5. The highest BCUT2D eigenvalue weighted by atomic mass is 35.5. The molecule has 164 valence electrons. The SMILES string of the molecule is O=C(NCc1cc(Cl)cc(Cl)c1)c1nc(C#CCN2CCCCC2)c2ccc[nH+]c2c1O. The number of halogens is 2. The molecule has 1 aliphatic rings. The van der Waals surface area contributed by atoms with E-state index >= 15 is 0 Å². The maximum absolute atomic E-state index is 12.9. The molecule has 6 nitrogen and oxygen atoms in total. The van der Waals surface area contributed by atoms with Gasteiger partial charge in [-0.2, -0.15) is 0 Å². The molecule has 1 fully saturated rings. The number of piperidine rings is 1. The molecule has 3 N–H and O–H groups in total. The Morgan fingerprint density at radius 2 is 1.94 bits per heavy atom. The third kappa shape index (κ3) is 5.31. The number of aromatic nitrogens is 2. The number of carbonyl (C=O) groups is 1. The second-order valence-corrected chi connectivity index (χ2v) is 8.59. The monoisotopic (exact) mass is 469 g/mol. The molecule has 1 aromatic carbocycles. The predicted octanol–water partition coefficient (Wildman–Crippen LogP) is 3.83. The third-order valence-electron chi connectivity index (χ3n) is 5.34. The maximum atomic E-state index is 12.9.